The third-order valence-corrected chi connectivity index (χ3v) is 6.65. The van der Waals surface area contributed by atoms with Gasteiger partial charge in [0, 0.05) is 24.7 Å². The van der Waals surface area contributed by atoms with E-state index in [2.05, 4.69) is 5.32 Å². The number of para-hydroxylation sites is 1. The van der Waals surface area contributed by atoms with Gasteiger partial charge in [-0.2, -0.15) is 17.0 Å². The fourth-order valence-electron chi connectivity index (χ4n) is 2.67. The molecular formula is C17H17Cl2N3O3S. The minimum absolute atomic E-state index is 0.171. The molecule has 0 atom stereocenters. The molecule has 2 aromatic rings. The van der Waals surface area contributed by atoms with Gasteiger partial charge in [-0.05, 0) is 23.8 Å². The zero-order valence-corrected chi connectivity index (χ0v) is 16.1. The molecule has 1 amide bonds. The molecule has 1 N–H and O–H groups in total. The van der Waals surface area contributed by atoms with E-state index < -0.39 is 16.1 Å². The summed E-state index contributed by atoms with van der Waals surface area (Å²) in [6.07, 6.45) is 0. The van der Waals surface area contributed by atoms with E-state index >= 15 is 0 Å². The van der Waals surface area contributed by atoms with E-state index in [1.165, 1.54) is 4.31 Å². The molecule has 0 saturated carbocycles. The molecule has 1 aliphatic rings. The molecule has 0 aliphatic carbocycles. The summed E-state index contributed by atoms with van der Waals surface area (Å²) in [7, 11) is -3.73. The van der Waals surface area contributed by atoms with E-state index in [1.54, 1.807) is 48.5 Å². The highest BCUT2D eigenvalue weighted by atomic mass is 35.5. The number of carbonyl (C=O) groups is 1. The number of hydrogen-bond donors (Lipinski definition) is 1. The molecule has 26 heavy (non-hydrogen) atoms. The Morgan fingerprint density at radius 3 is 2.27 bits per heavy atom. The predicted octanol–water partition coefficient (Wildman–Crippen LogP) is 2.99. The van der Waals surface area contributed by atoms with E-state index in [9.17, 15) is 13.2 Å². The van der Waals surface area contributed by atoms with Crippen molar-refractivity contribution in [1.82, 2.24) is 8.61 Å². The van der Waals surface area contributed by atoms with Gasteiger partial charge in [-0.25, -0.2) is 0 Å². The van der Waals surface area contributed by atoms with Gasteiger partial charge in [-0.1, -0.05) is 53.5 Å². The zero-order chi connectivity index (χ0) is 18.7. The molecule has 1 saturated heterocycles. The normalized spacial score (nSPS) is 17.3. The Morgan fingerprint density at radius 2 is 1.58 bits per heavy atom. The van der Waals surface area contributed by atoms with Crippen molar-refractivity contribution in [2.45, 2.75) is 6.54 Å². The maximum atomic E-state index is 12.7. The quantitative estimate of drug-likeness (QED) is 0.818. The number of nitrogens with zero attached hydrogens (tertiary/aromatic N) is 2. The number of halogens is 2. The Kier molecular flexibility index (Phi) is 5.84. The summed E-state index contributed by atoms with van der Waals surface area (Å²) in [6, 6.07) is 13.9. The molecule has 2 aromatic carbocycles. The van der Waals surface area contributed by atoms with Crippen LogP contribution in [-0.2, 0) is 21.5 Å². The summed E-state index contributed by atoms with van der Waals surface area (Å²) in [5, 5.41) is 3.54. The van der Waals surface area contributed by atoms with Crippen molar-refractivity contribution in [1.29, 1.82) is 0 Å². The maximum absolute atomic E-state index is 12.7. The van der Waals surface area contributed by atoms with Gasteiger partial charge in [0.1, 0.15) is 0 Å². The van der Waals surface area contributed by atoms with Gasteiger partial charge >= 0.3 is 0 Å². The van der Waals surface area contributed by atoms with Crippen LogP contribution in [0.3, 0.4) is 0 Å². The zero-order valence-electron chi connectivity index (χ0n) is 13.7. The molecule has 9 heteroatoms. The molecule has 1 heterocycles. The fourth-order valence-corrected chi connectivity index (χ4v) is 4.58. The lowest BCUT2D eigenvalue weighted by Crippen LogP contribution is -2.37. The van der Waals surface area contributed by atoms with Crippen molar-refractivity contribution < 1.29 is 13.2 Å². The predicted molar refractivity (Wildman–Crippen MR) is 102 cm³/mol. The lowest BCUT2D eigenvalue weighted by Gasteiger charge is -2.19. The van der Waals surface area contributed by atoms with Crippen molar-refractivity contribution in [3.8, 4) is 0 Å². The number of anilines is 1. The Labute approximate surface area is 162 Å². The van der Waals surface area contributed by atoms with Gasteiger partial charge < -0.3 is 5.32 Å². The third-order valence-electron chi connectivity index (χ3n) is 4.02. The first-order valence-corrected chi connectivity index (χ1v) is 10.1. The number of carbonyl (C=O) groups excluding carboxylic acids is 1. The maximum Gasteiger partial charge on any atom is 0.282 e. The lowest BCUT2D eigenvalue weighted by molar-refractivity contribution is -0.116. The molecule has 0 aromatic heterocycles. The second kappa shape index (κ2) is 7.94. The van der Waals surface area contributed by atoms with E-state index in [0.29, 0.717) is 22.3 Å². The summed E-state index contributed by atoms with van der Waals surface area (Å²) in [6.45, 7) is 0.437. The molecule has 6 nitrogen and oxygen atoms in total. The van der Waals surface area contributed by atoms with Crippen LogP contribution >= 0.6 is 23.2 Å². The fraction of sp³-hybridized carbons (Fsp3) is 0.235. The highest BCUT2D eigenvalue weighted by Crippen LogP contribution is 2.24. The molecule has 138 valence electrons. The molecule has 1 fully saturated rings. The van der Waals surface area contributed by atoms with Crippen LogP contribution < -0.4 is 5.32 Å². The van der Waals surface area contributed by atoms with Crippen LogP contribution in [0.15, 0.2) is 48.5 Å². The van der Waals surface area contributed by atoms with Gasteiger partial charge in [0.15, 0.2) is 0 Å². The summed E-state index contributed by atoms with van der Waals surface area (Å²) in [5.41, 5.74) is 1.17. The molecule has 3 rings (SSSR count). The second-order valence-corrected chi connectivity index (χ2v) is 8.54. The van der Waals surface area contributed by atoms with Crippen molar-refractivity contribution in [3.05, 3.63) is 64.1 Å². The van der Waals surface area contributed by atoms with Crippen molar-refractivity contribution >= 4 is 45.0 Å². The highest BCUT2D eigenvalue weighted by molar-refractivity contribution is 7.87. The van der Waals surface area contributed by atoms with Gasteiger partial charge in [-0.3, -0.25) is 4.79 Å². The molecule has 0 radical (unpaired) electrons. The van der Waals surface area contributed by atoms with Crippen LogP contribution in [0.5, 0.6) is 0 Å². The molecule has 0 bridgehead atoms. The van der Waals surface area contributed by atoms with E-state index in [4.69, 9.17) is 23.2 Å². The van der Waals surface area contributed by atoms with Crippen molar-refractivity contribution in [2.75, 3.05) is 25.0 Å². The minimum Gasteiger partial charge on any atom is -0.324 e. The monoisotopic (exact) mass is 413 g/mol. The first kappa shape index (κ1) is 19.1. The van der Waals surface area contributed by atoms with E-state index in [-0.39, 0.29) is 19.6 Å². The molecular weight excluding hydrogens is 397 g/mol. The number of rotatable bonds is 5. The van der Waals surface area contributed by atoms with Gasteiger partial charge in [0.2, 0.25) is 5.91 Å². The Morgan fingerprint density at radius 1 is 0.962 bits per heavy atom. The molecule has 0 unspecified atom stereocenters. The van der Waals surface area contributed by atoms with Crippen LogP contribution in [0.4, 0.5) is 5.69 Å². The first-order chi connectivity index (χ1) is 12.4. The van der Waals surface area contributed by atoms with Crippen LogP contribution in [0.2, 0.25) is 10.0 Å². The van der Waals surface area contributed by atoms with Crippen LogP contribution in [-0.4, -0.2) is 42.6 Å². The minimum atomic E-state index is -3.73. The number of amides is 1. The van der Waals surface area contributed by atoms with E-state index in [0.717, 1.165) is 9.87 Å². The number of hydrogen-bond acceptors (Lipinski definition) is 3. The van der Waals surface area contributed by atoms with E-state index in [1.807, 2.05) is 0 Å². The highest BCUT2D eigenvalue weighted by Gasteiger charge is 2.37. The topological polar surface area (TPSA) is 69.7 Å². The summed E-state index contributed by atoms with van der Waals surface area (Å²) < 4.78 is 27.8. The Bertz CT molecular complexity index is 921. The van der Waals surface area contributed by atoms with Crippen LogP contribution in [0.1, 0.15) is 5.56 Å². The molecule has 1 aliphatic heterocycles. The van der Waals surface area contributed by atoms with Crippen LogP contribution in [0.25, 0.3) is 0 Å². The smallest absolute Gasteiger partial charge is 0.282 e. The average Bonchev–Trinajstić information content (AvgIpc) is 2.86. The largest absolute Gasteiger partial charge is 0.324 e. The number of nitrogens with one attached hydrogen (secondary N) is 1. The van der Waals surface area contributed by atoms with Crippen LogP contribution in [0, 0.1) is 0 Å². The number of benzene rings is 2. The summed E-state index contributed by atoms with van der Waals surface area (Å²) in [5.74, 6) is -0.443. The first-order valence-electron chi connectivity index (χ1n) is 7.91. The average molecular weight is 414 g/mol. The Balaban J connectivity index is 1.66. The second-order valence-electron chi connectivity index (χ2n) is 5.79. The van der Waals surface area contributed by atoms with Gasteiger partial charge in [-0.15, -0.1) is 0 Å². The SMILES string of the molecule is O=C(CN1CCN(Cc2ccccc2Cl)S1(=O)=O)Nc1ccccc1Cl. The third kappa shape index (κ3) is 4.19. The molecule has 0 spiro atoms. The lowest BCUT2D eigenvalue weighted by atomic mass is 10.2. The van der Waals surface area contributed by atoms with Gasteiger partial charge in [0.25, 0.3) is 10.2 Å². The summed E-state index contributed by atoms with van der Waals surface area (Å²) >= 11 is 12.1. The Hall–Kier alpha value is -1.64. The van der Waals surface area contributed by atoms with Crippen molar-refractivity contribution in [2.24, 2.45) is 0 Å². The summed E-state index contributed by atoms with van der Waals surface area (Å²) in [4.78, 5) is 12.2. The van der Waals surface area contributed by atoms with Gasteiger partial charge in [0.05, 0.1) is 17.3 Å². The standard InChI is InChI=1S/C17H17Cl2N3O3S/c18-14-6-2-1-5-13(14)11-21-9-10-22(26(21,24)25)12-17(23)20-16-8-4-3-7-15(16)19/h1-8H,9-12H2,(H,20,23). The van der Waals surface area contributed by atoms with Crippen molar-refractivity contribution in [3.63, 3.8) is 0 Å².